The molecule has 0 aliphatic carbocycles. The normalized spacial score (nSPS) is 11.1. The van der Waals surface area contributed by atoms with Crippen molar-refractivity contribution in [3.8, 4) is 0 Å². The minimum Gasteiger partial charge on any atom is -0.242 e. The van der Waals surface area contributed by atoms with E-state index in [1.54, 1.807) is 0 Å². The lowest BCUT2D eigenvalue weighted by Gasteiger charge is -2.23. The highest BCUT2D eigenvalue weighted by atomic mass is 15.7. The highest BCUT2D eigenvalue weighted by molar-refractivity contribution is 4.47. The van der Waals surface area contributed by atoms with Crippen LogP contribution in [0.3, 0.4) is 0 Å². The van der Waals surface area contributed by atoms with Crippen LogP contribution in [0.4, 0.5) is 0 Å². The number of unbranched alkanes of at least 4 members (excludes halogenated alkanes) is 1. The average Bonchev–Trinajstić information content (AvgIpc) is 2.17. The van der Waals surface area contributed by atoms with Crippen LogP contribution in [-0.2, 0) is 0 Å². The predicted octanol–water partition coefficient (Wildman–Crippen LogP) is 1.92. The van der Waals surface area contributed by atoms with Crippen LogP contribution < -0.4 is 10.9 Å². The van der Waals surface area contributed by atoms with Crippen molar-refractivity contribution >= 4 is 0 Å². The highest BCUT2D eigenvalue weighted by Gasteiger charge is 1.99. The first-order valence-electron chi connectivity index (χ1n) is 5.59. The van der Waals surface area contributed by atoms with Gasteiger partial charge < -0.3 is 0 Å². The van der Waals surface area contributed by atoms with Gasteiger partial charge in [0.2, 0.25) is 0 Å². The number of nitrogens with zero attached hydrogens (tertiary/aromatic N) is 1. The second-order valence-electron chi connectivity index (χ2n) is 3.32. The molecule has 80 valence electrons. The molecule has 0 aromatic rings. The summed E-state index contributed by atoms with van der Waals surface area (Å²) in [5.74, 6) is 0. The van der Waals surface area contributed by atoms with Gasteiger partial charge in [-0.15, -0.1) is 0 Å². The molecule has 0 heterocycles. The monoisotopic (exact) mass is 187 g/mol. The Morgan fingerprint density at radius 1 is 0.846 bits per heavy atom. The average molecular weight is 187 g/mol. The zero-order valence-corrected chi connectivity index (χ0v) is 9.40. The van der Waals surface area contributed by atoms with E-state index >= 15 is 0 Å². The molecule has 0 unspecified atom stereocenters. The lowest BCUT2D eigenvalue weighted by molar-refractivity contribution is 0.112. The molecule has 0 atom stereocenters. The fraction of sp³-hybridized carbons (Fsp3) is 1.00. The van der Waals surface area contributed by atoms with Crippen molar-refractivity contribution < 1.29 is 0 Å². The standard InChI is InChI=1S/C10H25N3/c1-4-7-10-13(11-8-5-2)12-9-6-3/h11-12H,4-10H2,1-3H3. The molecule has 0 radical (unpaired) electrons. The van der Waals surface area contributed by atoms with E-state index in [0.29, 0.717) is 0 Å². The summed E-state index contributed by atoms with van der Waals surface area (Å²) in [6, 6.07) is 0. The minimum absolute atomic E-state index is 1.06. The summed E-state index contributed by atoms with van der Waals surface area (Å²) in [5, 5.41) is 2.14. The summed E-state index contributed by atoms with van der Waals surface area (Å²) < 4.78 is 0. The van der Waals surface area contributed by atoms with E-state index in [9.17, 15) is 0 Å². The maximum Gasteiger partial charge on any atom is 0.0288 e. The smallest absolute Gasteiger partial charge is 0.0288 e. The van der Waals surface area contributed by atoms with Crippen molar-refractivity contribution in [3.05, 3.63) is 0 Å². The fourth-order valence-electron chi connectivity index (χ4n) is 1.02. The molecule has 0 saturated carbocycles. The van der Waals surface area contributed by atoms with E-state index in [1.165, 1.54) is 25.7 Å². The van der Waals surface area contributed by atoms with E-state index < -0.39 is 0 Å². The highest BCUT2D eigenvalue weighted by Crippen LogP contribution is 1.89. The first kappa shape index (κ1) is 12.9. The summed E-state index contributed by atoms with van der Waals surface area (Å²) >= 11 is 0. The van der Waals surface area contributed by atoms with Crippen LogP contribution in [0.2, 0.25) is 0 Å². The molecule has 0 aromatic carbocycles. The number of rotatable bonds is 9. The van der Waals surface area contributed by atoms with E-state index in [2.05, 4.69) is 36.7 Å². The van der Waals surface area contributed by atoms with Crippen molar-refractivity contribution in [3.63, 3.8) is 0 Å². The largest absolute Gasteiger partial charge is 0.242 e. The Kier molecular flexibility index (Phi) is 9.87. The first-order chi connectivity index (χ1) is 6.35. The Morgan fingerprint density at radius 3 is 1.77 bits per heavy atom. The molecule has 0 amide bonds. The molecule has 13 heavy (non-hydrogen) atoms. The summed E-state index contributed by atoms with van der Waals surface area (Å²) in [4.78, 5) is 0. The van der Waals surface area contributed by atoms with Gasteiger partial charge in [0.25, 0.3) is 0 Å². The maximum atomic E-state index is 3.36. The van der Waals surface area contributed by atoms with Gasteiger partial charge in [-0.25, -0.2) is 10.9 Å². The molecule has 0 saturated heterocycles. The second-order valence-corrected chi connectivity index (χ2v) is 3.32. The van der Waals surface area contributed by atoms with Gasteiger partial charge in [-0.1, -0.05) is 27.2 Å². The number of hydrogen-bond acceptors (Lipinski definition) is 3. The van der Waals surface area contributed by atoms with Gasteiger partial charge in [0.15, 0.2) is 0 Å². The van der Waals surface area contributed by atoms with Gasteiger partial charge in [-0.05, 0) is 19.3 Å². The molecule has 3 nitrogen and oxygen atoms in total. The molecule has 0 aliphatic rings. The quantitative estimate of drug-likeness (QED) is 0.540. The van der Waals surface area contributed by atoms with Gasteiger partial charge in [0.1, 0.15) is 0 Å². The van der Waals surface area contributed by atoms with Gasteiger partial charge in [-0.2, -0.15) is 5.12 Å². The lowest BCUT2D eigenvalue weighted by Crippen LogP contribution is -2.49. The minimum atomic E-state index is 1.06. The van der Waals surface area contributed by atoms with E-state index in [1.807, 2.05) is 0 Å². The van der Waals surface area contributed by atoms with E-state index in [0.717, 1.165) is 19.6 Å². The summed E-state index contributed by atoms with van der Waals surface area (Å²) in [7, 11) is 0. The second kappa shape index (κ2) is 9.96. The third-order valence-corrected chi connectivity index (χ3v) is 1.84. The Hall–Kier alpha value is -0.120. The van der Waals surface area contributed by atoms with Crippen LogP contribution in [0.25, 0.3) is 0 Å². The van der Waals surface area contributed by atoms with E-state index in [-0.39, 0.29) is 0 Å². The van der Waals surface area contributed by atoms with Crippen LogP contribution >= 0.6 is 0 Å². The Morgan fingerprint density at radius 2 is 1.38 bits per heavy atom. The lowest BCUT2D eigenvalue weighted by atomic mass is 10.3. The van der Waals surface area contributed by atoms with Crippen molar-refractivity contribution in [1.29, 1.82) is 0 Å². The molecule has 2 N–H and O–H groups in total. The molecule has 0 spiro atoms. The zero-order chi connectivity index (χ0) is 9.94. The molecule has 0 aliphatic heterocycles. The topological polar surface area (TPSA) is 27.3 Å². The SMILES string of the molecule is CCCCN(NCCC)NCCC. The maximum absolute atomic E-state index is 3.36. The van der Waals surface area contributed by atoms with Crippen molar-refractivity contribution in [2.45, 2.75) is 46.5 Å². The third kappa shape index (κ3) is 8.22. The molecule has 0 fully saturated rings. The van der Waals surface area contributed by atoms with Gasteiger partial charge >= 0.3 is 0 Å². The van der Waals surface area contributed by atoms with Gasteiger partial charge in [-0.3, -0.25) is 0 Å². The summed E-state index contributed by atoms with van der Waals surface area (Å²) in [5.41, 5.74) is 6.72. The van der Waals surface area contributed by atoms with Crippen LogP contribution in [0.15, 0.2) is 0 Å². The Bertz CT molecular complexity index is 77.2. The Labute approximate surface area is 82.8 Å². The molecule has 3 heteroatoms. The fourth-order valence-corrected chi connectivity index (χ4v) is 1.02. The third-order valence-electron chi connectivity index (χ3n) is 1.84. The first-order valence-corrected chi connectivity index (χ1v) is 5.59. The predicted molar refractivity (Wildman–Crippen MR) is 58.2 cm³/mol. The van der Waals surface area contributed by atoms with Crippen molar-refractivity contribution in [1.82, 2.24) is 16.0 Å². The molecule has 0 rings (SSSR count). The van der Waals surface area contributed by atoms with E-state index in [4.69, 9.17) is 0 Å². The van der Waals surface area contributed by atoms with Gasteiger partial charge in [0.05, 0.1) is 0 Å². The number of nitrogens with one attached hydrogen (secondary N) is 2. The summed E-state index contributed by atoms with van der Waals surface area (Å²) in [6.45, 7) is 9.80. The van der Waals surface area contributed by atoms with Crippen LogP contribution in [-0.4, -0.2) is 24.8 Å². The molecular formula is C10H25N3. The number of hydrogen-bond donors (Lipinski definition) is 2. The number of hydrazine groups is 2. The molecule has 0 aromatic heterocycles. The van der Waals surface area contributed by atoms with Crippen LogP contribution in [0.5, 0.6) is 0 Å². The Balaban J connectivity index is 3.47. The van der Waals surface area contributed by atoms with Crippen molar-refractivity contribution in [2.75, 3.05) is 19.6 Å². The zero-order valence-electron chi connectivity index (χ0n) is 9.40. The van der Waals surface area contributed by atoms with Gasteiger partial charge in [0, 0.05) is 19.6 Å². The summed E-state index contributed by atoms with van der Waals surface area (Å²) in [6.07, 6.45) is 4.85. The molecule has 0 bridgehead atoms. The van der Waals surface area contributed by atoms with Crippen LogP contribution in [0, 0.1) is 0 Å². The molecular weight excluding hydrogens is 162 g/mol. The van der Waals surface area contributed by atoms with Crippen molar-refractivity contribution in [2.24, 2.45) is 0 Å². The van der Waals surface area contributed by atoms with Crippen LogP contribution in [0.1, 0.15) is 46.5 Å².